The predicted octanol–water partition coefficient (Wildman–Crippen LogP) is 3.05. The maximum atomic E-state index is 5.94. The third kappa shape index (κ3) is 7.06. The van der Waals surface area contributed by atoms with E-state index in [-0.39, 0.29) is 0 Å². The zero-order chi connectivity index (χ0) is 14.3. The molecule has 0 radical (unpaired) electrons. The van der Waals surface area contributed by atoms with Crippen LogP contribution in [0, 0.1) is 0 Å². The monoisotopic (exact) mass is 264 g/mol. The van der Waals surface area contributed by atoms with Gasteiger partial charge < -0.3 is 16.0 Å². The standard InChI is InChI=1S/C16H30N3/c1-19(2,3)12-8-6-4-5-7-9-14-13-15(17)10-11-16(14)18/h10-11,13H,4-9,12,17-18H2,1-3H3/q+1. The number of benzene rings is 1. The molecular weight excluding hydrogens is 234 g/mol. The number of hydrogen-bond donors (Lipinski definition) is 2. The van der Waals surface area contributed by atoms with Crippen LogP contribution in [0.25, 0.3) is 0 Å². The Morgan fingerprint density at radius 2 is 1.53 bits per heavy atom. The van der Waals surface area contributed by atoms with Gasteiger partial charge in [0.1, 0.15) is 0 Å². The zero-order valence-corrected chi connectivity index (χ0v) is 12.8. The van der Waals surface area contributed by atoms with Gasteiger partial charge in [0.15, 0.2) is 0 Å². The third-order valence-corrected chi connectivity index (χ3v) is 3.44. The lowest BCUT2D eigenvalue weighted by molar-refractivity contribution is -0.870. The molecule has 0 unspecified atom stereocenters. The van der Waals surface area contributed by atoms with Crippen molar-refractivity contribution in [1.29, 1.82) is 0 Å². The fourth-order valence-corrected chi connectivity index (χ4v) is 2.27. The summed E-state index contributed by atoms with van der Waals surface area (Å²) in [6.07, 6.45) is 7.52. The molecule has 1 rings (SSSR count). The number of unbranched alkanes of at least 4 members (excludes halogenated alkanes) is 4. The van der Waals surface area contributed by atoms with Crippen LogP contribution in [0.3, 0.4) is 0 Å². The molecule has 0 aromatic heterocycles. The van der Waals surface area contributed by atoms with Crippen molar-refractivity contribution in [3.05, 3.63) is 23.8 Å². The molecular formula is C16H30N3+. The smallest absolute Gasteiger partial charge is 0.0780 e. The molecule has 3 nitrogen and oxygen atoms in total. The van der Waals surface area contributed by atoms with Crippen molar-refractivity contribution in [3.8, 4) is 0 Å². The van der Waals surface area contributed by atoms with E-state index in [0.29, 0.717) is 0 Å². The topological polar surface area (TPSA) is 52.0 Å². The Labute approximate surface area is 118 Å². The molecule has 1 aromatic rings. The van der Waals surface area contributed by atoms with Gasteiger partial charge in [-0.15, -0.1) is 0 Å². The second kappa shape index (κ2) is 7.39. The normalized spacial score (nSPS) is 11.7. The molecule has 0 atom stereocenters. The highest BCUT2D eigenvalue weighted by Gasteiger charge is 2.05. The van der Waals surface area contributed by atoms with Crippen LogP contribution in [0.4, 0.5) is 11.4 Å². The van der Waals surface area contributed by atoms with E-state index in [4.69, 9.17) is 11.5 Å². The van der Waals surface area contributed by atoms with E-state index in [1.807, 2.05) is 18.2 Å². The lowest BCUT2D eigenvalue weighted by Gasteiger charge is -2.23. The van der Waals surface area contributed by atoms with Crippen molar-refractivity contribution < 1.29 is 4.48 Å². The third-order valence-electron chi connectivity index (χ3n) is 3.44. The van der Waals surface area contributed by atoms with E-state index in [9.17, 15) is 0 Å². The minimum absolute atomic E-state index is 0.812. The summed E-state index contributed by atoms with van der Waals surface area (Å²) in [5.41, 5.74) is 14.6. The molecule has 1 aromatic carbocycles. The quantitative estimate of drug-likeness (QED) is 0.431. The predicted molar refractivity (Wildman–Crippen MR) is 85.0 cm³/mol. The number of nitrogens with two attached hydrogens (primary N) is 2. The zero-order valence-electron chi connectivity index (χ0n) is 12.8. The van der Waals surface area contributed by atoms with Crippen LogP contribution < -0.4 is 11.5 Å². The van der Waals surface area contributed by atoms with E-state index < -0.39 is 0 Å². The number of anilines is 2. The first-order valence-electron chi connectivity index (χ1n) is 7.33. The number of rotatable bonds is 8. The SMILES string of the molecule is C[N+](C)(C)CCCCCCCc1cc(N)ccc1N. The van der Waals surface area contributed by atoms with E-state index in [0.717, 1.165) is 22.3 Å². The molecule has 0 aliphatic rings. The highest BCUT2D eigenvalue weighted by Crippen LogP contribution is 2.18. The largest absolute Gasteiger partial charge is 0.399 e. The summed E-state index contributed by atoms with van der Waals surface area (Å²) in [6.45, 7) is 1.27. The number of nitrogens with zero attached hydrogens (tertiary/aromatic N) is 1. The number of aryl methyl sites for hydroxylation is 1. The molecule has 0 fully saturated rings. The molecule has 0 saturated carbocycles. The van der Waals surface area contributed by atoms with Gasteiger partial charge in [0.05, 0.1) is 27.7 Å². The van der Waals surface area contributed by atoms with Crippen LogP contribution >= 0.6 is 0 Å². The average molecular weight is 264 g/mol. The summed E-state index contributed by atoms with van der Waals surface area (Å²) >= 11 is 0. The Hall–Kier alpha value is -1.22. The van der Waals surface area contributed by atoms with Crippen LogP contribution in [0.1, 0.15) is 37.7 Å². The number of nitrogen functional groups attached to an aromatic ring is 2. The van der Waals surface area contributed by atoms with Gasteiger partial charge in [-0.3, -0.25) is 0 Å². The highest BCUT2D eigenvalue weighted by molar-refractivity contribution is 5.55. The Kier molecular flexibility index (Phi) is 6.16. The Bertz CT molecular complexity index is 380. The lowest BCUT2D eigenvalue weighted by atomic mass is 10.0. The highest BCUT2D eigenvalue weighted by atomic mass is 15.3. The summed E-state index contributed by atoms with van der Waals surface area (Å²) in [5, 5.41) is 0. The molecule has 0 amide bonds. The summed E-state index contributed by atoms with van der Waals surface area (Å²) in [5.74, 6) is 0. The van der Waals surface area contributed by atoms with E-state index in [2.05, 4.69) is 21.1 Å². The van der Waals surface area contributed by atoms with Gasteiger partial charge in [-0.2, -0.15) is 0 Å². The summed E-state index contributed by atoms with van der Waals surface area (Å²) in [6, 6.07) is 5.78. The van der Waals surface area contributed by atoms with E-state index in [1.165, 1.54) is 44.2 Å². The Balaban J connectivity index is 2.12. The first-order chi connectivity index (χ1) is 8.88. The molecule has 4 N–H and O–H groups in total. The molecule has 3 heteroatoms. The van der Waals surface area contributed by atoms with Crippen LogP contribution in [-0.4, -0.2) is 32.2 Å². The van der Waals surface area contributed by atoms with Gasteiger partial charge in [0.25, 0.3) is 0 Å². The molecule has 0 bridgehead atoms. The second-order valence-corrected chi connectivity index (χ2v) is 6.49. The van der Waals surface area contributed by atoms with Gasteiger partial charge in [0, 0.05) is 11.4 Å². The van der Waals surface area contributed by atoms with Crippen molar-refractivity contribution in [3.63, 3.8) is 0 Å². The molecule has 0 aliphatic heterocycles. The van der Waals surface area contributed by atoms with Gasteiger partial charge in [0.2, 0.25) is 0 Å². The van der Waals surface area contributed by atoms with Crippen LogP contribution in [0.5, 0.6) is 0 Å². The summed E-state index contributed by atoms with van der Waals surface area (Å²) < 4.78 is 1.07. The van der Waals surface area contributed by atoms with E-state index in [1.54, 1.807) is 0 Å². The maximum absolute atomic E-state index is 5.94. The van der Waals surface area contributed by atoms with Crippen molar-refractivity contribution in [2.24, 2.45) is 0 Å². The summed E-state index contributed by atoms with van der Waals surface area (Å²) in [7, 11) is 6.76. The van der Waals surface area contributed by atoms with Crippen LogP contribution in [-0.2, 0) is 6.42 Å². The fraction of sp³-hybridized carbons (Fsp3) is 0.625. The van der Waals surface area contributed by atoms with Crippen molar-refractivity contribution in [1.82, 2.24) is 0 Å². The minimum atomic E-state index is 0.812. The fourth-order valence-electron chi connectivity index (χ4n) is 2.27. The lowest BCUT2D eigenvalue weighted by Crippen LogP contribution is -2.35. The van der Waals surface area contributed by atoms with Crippen molar-refractivity contribution in [2.75, 3.05) is 39.2 Å². The average Bonchev–Trinajstić information content (AvgIpc) is 2.31. The number of quaternary nitrogens is 1. The van der Waals surface area contributed by atoms with Crippen LogP contribution in [0.2, 0.25) is 0 Å². The van der Waals surface area contributed by atoms with Crippen LogP contribution in [0.15, 0.2) is 18.2 Å². The second-order valence-electron chi connectivity index (χ2n) is 6.49. The first kappa shape index (κ1) is 15.8. The number of hydrogen-bond acceptors (Lipinski definition) is 2. The van der Waals surface area contributed by atoms with E-state index >= 15 is 0 Å². The molecule has 19 heavy (non-hydrogen) atoms. The van der Waals surface area contributed by atoms with Gasteiger partial charge in [-0.05, 0) is 49.4 Å². The first-order valence-corrected chi connectivity index (χ1v) is 7.33. The van der Waals surface area contributed by atoms with Gasteiger partial charge in [-0.25, -0.2) is 0 Å². The Morgan fingerprint density at radius 3 is 2.21 bits per heavy atom. The molecule has 0 spiro atoms. The molecule has 108 valence electrons. The molecule has 0 heterocycles. The maximum Gasteiger partial charge on any atom is 0.0780 e. The van der Waals surface area contributed by atoms with Crippen molar-refractivity contribution >= 4 is 11.4 Å². The molecule has 0 aliphatic carbocycles. The van der Waals surface area contributed by atoms with Crippen molar-refractivity contribution in [2.45, 2.75) is 38.5 Å². The van der Waals surface area contributed by atoms with Gasteiger partial charge in [-0.1, -0.05) is 12.8 Å². The summed E-state index contributed by atoms with van der Waals surface area (Å²) in [4.78, 5) is 0. The Morgan fingerprint density at radius 1 is 0.895 bits per heavy atom. The molecule has 0 saturated heterocycles. The van der Waals surface area contributed by atoms with Gasteiger partial charge >= 0.3 is 0 Å². The minimum Gasteiger partial charge on any atom is -0.399 e.